The molecule has 2 N–H and O–H groups in total. The second-order valence-corrected chi connectivity index (χ2v) is 9.21. The average Bonchev–Trinajstić information content (AvgIpc) is 3.00. The first-order valence-corrected chi connectivity index (χ1v) is 11.5. The number of amides is 3. The third kappa shape index (κ3) is 4.79. The molecule has 33 heavy (non-hydrogen) atoms. The van der Waals surface area contributed by atoms with Gasteiger partial charge in [-0.25, -0.2) is 4.90 Å². The quantitative estimate of drug-likeness (QED) is 0.309. The molecule has 0 unspecified atom stereocenters. The summed E-state index contributed by atoms with van der Waals surface area (Å²) >= 11 is 8.43. The maximum Gasteiger partial charge on any atom is 0.283 e. The predicted molar refractivity (Wildman–Crippen MR) is 138 cm³/mol. The molecular formula is C25H19ClIN3O3. The normalized spacial score (nSPS) is 13.5. The van der Waals surface area contributed by atoms with Gasteiger partial charge in [0.05, 0.1) is 5.69 Å². The molecule has 166 valence electrons. The molecule has 0 aromatic heterocycles. The monoisotopic (exact) mass is 571 g/mol. The molecular weight excluding hydrogens is 553 g/mol. The number of benzene rings is 3. The molecule has 0 radical (unpaired) electrons. The number of nitrogens with one attached hydrogen (secondary N) is 2. The van der Waals surface area contributed by atoms with E-state index in [1.165, 1.54) is 0 Å². The Bertz CT molecular complexity index is 1320. The van der Waals surface area contributed by atoms with Crippen molar-refractivity contribution < 1.29 is 14.4 Å². The highest BCUT2D eigenvalue weighted by molar-refractivity contribution is 14.1. The number of aryl methyl sites for hydroxylation is 2. The third-order valence-electron chi connectivity index (χ3n) is 5.15. The molecule has 0 saturated heterocycles. The third-order valence-corrected chi connectivity index (χ3v) is 6.17. The van der Waals surface area contributed by atoms with E-state index in [4.69, 9.17) is 11.6 Å². The molecule has 0 bridgehead atoms. The van der Waals surface area contributed by atoms with Gasteiger partial charge in [-0.2, -0.15) is 0 Å². The van der Waals surface area contributed by atoms with Crippen LogP contribution in [0.3, 0.4) is 0 Å². The highest BCUT2D eigenvalue weighted by Gasteiger charge is 2.38. The van der Waals surface area contributed by atoms with Gasteiger partial charge in [-0.05, 0) is 90.5 Å². The highest BCUT2D eigenvalue weighted by atomic mass is 127. The molecule has 0 spiro atoms. The van der Waals surface area contributed by atoms with Crippen LogP contribution in [0.2, 0.25) is 0 Å². The molecule has 3 aromatic rings. The van der Waals surface area contributed by atoms with Gasteiger partial charge >= 0.3 is 0 Å². The van der Waals surface area contributed by atoms with Crippen molar-refractivity contribution >= 4 is 69.0 Å². The lowest BCUT2D eigenvalue weighted by Crippen LogP contribution is -2.32. The van der Waals surface area contributed by atoms with E-state index >= 15 is 0 Å². The van der Waals surface area contributed by atoms with Gasteiger partial charge in [0.15, 0.2) is 0 Å². The number of rotatable bonds is 5. The van der Waals surface area contributed by atoms with Crippen molar-refractivity contribution in [2.45, 2.75) is 13.8 Å². The first-order chi connectivity index (χ1) is 15.7. The number of nitrogens with zero attached hydrogens (tertiary/aromatic N) is 1. The van der Waals surface area contributed by atoms with Crippen LogP contribution in [-0.2, 0) is 9.59 Å². The number of halogens is 2. The number of hydrogen-bond acceptors (Lipinski definition) is 4. The summed E-state index contributed by atoms with van der Waals surface area (Å²) in [6.07, 6.45) is 0. The van der Waals surface area contributed by atoms with Crippen molar-refractivity contribution in [2.75, 3.05) is 15.5 Å². The van der Waals surface area contributed by atoms with Crippen LogP contribution in [-0.4, -0.2) is 17.7 Å². The predicted octanol–water partition coefficient (Wildman–Crippen LogP) is 5.60. The van der Waals surface area contributed by atoms with E-state index in [1.807, 2.05) is 44.2 Å². The van der Waals surface area contributed by atoms with Gasteiger partial charge in [0.25, 0.3) is 17.7 Å². The first kappa shape index (κ1) is 23.0. The topological polar surface area (TPSA) is 78.5 Å². The zero-order valence-electron chi connectivity index (χ0n) is 17.8. The minimum absolute atomic E-state index is 0.0340. The van der Waals surface area contributed by atoms with Crippen LogP contribution in [0.4, 0.5) is 17.1 Å². The summed E-state index contributed by atoms with van der Waals surface area (Å²) in [5.74, 6) is -1.45. The van der Waals surface area contributed by atoms with Crippen molar-refractivity contribution in [3.05, 3.63) is 97.7 Å². The molecule has 4 rings (SSSR count). The van der Waals surface area contributed by atoms with Crippen LogP contribution in [0.5, 0.6) is 0 Å². The summed E-state index contributed by atoms with van der Waals surface area (Å²) in [7, 11) is 0. The van der Waals surface area contributed by atoms with E-state index in [2.05, 4.69) is 33.2 Å². The molecule has 0 saturated carbocycles. The first-order valence-electron chi connectivity index (χ1n) is 10.0. The second-order valence-electron chi connectivity index (χ2n) is 7.59. The van der Waals surface area contributed by atoms with Gasteiger partial charge < -0.3 is 10.6 Å². The number of hydrogen-bond donors (Lipinski definition) is 2. The van der Waals surface area contributed by atoms with E-state index in [0.29, 0.717) is 16.9 Å². The Morgan fingerprint density at radius 2 is 1.67 bits per heavy atom. The average molecular weight is 572 g/mol. The molecule has 0 fully saturated rings. The zero-order valence-corrected chi connectivity index (χ0v) is 20.7. The van der Waals surface area contributed by atoms with E-state index in [9.17, 15) is 14.4 Å². The van der Waals surface area contributed by atoms with E-state index in [0.717, 1.165) is 25.3 Å². The highest BCUT2D eigenvalue weighted by Crippen LogP contribution is 2.30. The summed E-state index contributed by atoms with van der Waals surface area (Å²) in [5, 5.41) is 5.61. The summed E-state index contributed by atoms with van der Waals surface area (Å²) in [6, 6.07) is 19.4. The Balaban J connectivity index is 1.54. The fourth-order valence-electron chi connectivity index (χ4n) is 3.38. The fourth-order valence-corrected chi connectivity index (χ4v) is 4.24. The van der Waals surface area contributed by atoms with Crippen molar-refractivity contribution in [2.24, 2.45) is 0 Å². The largest absolute Gasteiger partial charge is 0.350 e. The van der Waals surface area contributed by atoms with Crippen molar-refractivity contribution in [3.63, 3.8) is 0 Å². The van der Waals surface area contributed by atoms with Crippen LogP contribution < -0.4 is 15.5 Å². The van der Waals surface area contributed by atoms with Gasteiger partial charge in [0.2, 0.25) is 0 Å². The molecule has 3 amide bonds. The Hall–Kier alpha value is -3.17. The number of carbonyl (C=O) groups is 3. The number of anilines is 3. The molecule has 3 aromatic carbocycles. The maximum atomic E-state index is 13.0. The summed E-state index contributed by atoms with van der Waals surface area (Å²) in [5.41, 5.74) is 3.93. The lowest BCUT2D eigenvalue weighted by atomic mass is 10.1. The molecule has 1 aliphatic rings. The van der Waals surface area contributed by atoms with Crippen molar-refractivity contribution in [3.8, 4) is 0 Å². The lowest BCUT2D eigenvalue weighted by Gasteiger charge is -2.15. The molecule has 0 aliphatic carbocycles. The van der Waals surface area contributed by atoms with Crippen molar-refractivity contribution in [1.82, 2.24) is 0 Å². The molecule has 6 nitrogen and oxygen atoms in total. The summed E-state index contributed by atoms with van der Waals surface area (Å²) in [4.78, 5) is 39.4. The van der Waals surface area contributed by atoms with Gasteiger partial charge in [-0.1, -0.05) is 35.4 Å². The zero-order chi connectivity index (χ0) is 23.7. The molecule has 8 heteroatoms. The van der Waals surface area contributed by atoms with Crippen LogP contribution in [0.15, 0.2) is 77.5 Å². The van der Waals surface area contributed by atoms with E-state index < -0.39 is 11.8 Å². The maximum absolute atomic E-state index is 13.0. The van der Waals surface area contributed by atoms with Crippen LogP contribution in [0.25, 0.3) is 0 Å². The number of imide groups is 1. The van der Waals surface area contributed by atoms with Gasteiger partial charge in [0.1, 0.15) is 10.7 Å². The second kappa shape index (κ2) is 9.36. The minimum atomic E-state index is -0.601. The SMILES string of the molecule is Cc1ccc(N2C(=O)C(Cl)=C(Nc3cccc(C(=O)Nc4ccc(I)cc4C)c3)C2=O)cc1. The smallest absolute Gasteiger partial charge is 0.283 e. The fraction of sp³-hybridized carbons (Fsp3) is 0.0800. The standard InChI is InChI=1S/C25H19ClIN3O3/c1-14-6-9-19(10-7-14)30-24(32)21(26)22(25(30)33)28-18-5-3-4-16(13-18)23(31)29-20-11-8-17(27)12-15(20)2/h3-13,28H,1-2H3,(H,29,31). The molecule has 1 aliphatic heterocycles. The Morgan fingerprint density at radius 1 is 0.939 bits per heavy atom. The van der Waals surface area contributed by atoms with Gasteiger partial charge in [0, 0.05) is 20.5 Å². The van der Waals surface area contributed by atoms with Crippen LogP contribution in [0, 0.1) is 17.4 Å². The molecule has 1 heterocycles. The molecule has 0 atom stereocenters. The van der Waals surface area contributed by atoms with Crippen LogP contribution in [0.1, 0.15) is 21.5 Å². The Kier molecular flexibility index (Phi) is 6.53. The Morgan fingerprint density at radius 3 is 2.36 bits per heavy atom. The lowest BCUT2D eigenvalue weighted by molar-refractivity contribution is -0.120. The van der Waals surface area contributed by atoms with E-state index in [-0.39, 0.29) is 16.6 Å². The Labute approximate surface area is 209 Å². The van der Waals surface area contributed by atoms with Gasteiger partial charge in [-0.3, -0.25) is 14.4 Å². The van der Waals surface area contributed by atoms with Crippen LogP contribution >= 0.6 is 34.2 Å². The minimum Gasteiger partial charge on any atom is -0.350 e. The summed E-state index contributed by atoms with van der Waals surface area (Å²) in [6.45, 7) is 3.84. The van der Waals surface area contributed by atoms with Gasteiger partial charge in [-0.15, -0.1) is 0 Å². The summed E-state index contributed by atoms with van der Waals surface area (Å²) < 4.78 is 1.08. The van der Waals surface area contributed by atoms with E-state index in [1.54, 1.807) is 36.4 Å². The number of carbonyl (C=O) groups excluding carboxylic acids is 3. The van der Waals surface area contributed by atoms with Crippen molar-refractivity contribution in [1.29, 1.82) is 0 Å².